The van der Waals surface area contributed by atoms with Crippen molar-refractivity contribution in [1.82, 2.24) is 0 Å². The summed E-state index contributed by atoms with van der Waals surface area (Å²) in [6, 6.07) is 57.1. The quantitative estimate of drug-likeness (QED) is 0.160. The predicted octanol–water partition coefficient (Wildman–Crippen LogP) is 19.6. The Labute approximate surface area is 484 Å². The lowest BCUT2D eigenvalue weighted by Crippen LogP contribution is -2.61. The van der Waals surface area contributed by atoms with Gasteiger partial charge >= 0.3 is 0 Å². The number of para-hydroxylation sites is 1. The number of fused-ring (bicyclic) bond motifs is 9. The van der Waals surface area contributed by atoms with E-state index in [1.807, 2.05) is 0 Å². The van der Waals surface area contributed by atoms with E-state index in [1.54, 1.807) is 0 Å². The average molecular weight is 1070 g/mol. The molecule has 0 amide bonds. The third kappa shape index (κ3) is 8.43. The molecule has 3 heterocycles. The smallest absolute Gasteiger partial charge is 0.252 e. The van der Waals surface area contributed by atoms with E-state index < -0.39 is 0 Å². The number of anilines is 9. The van der Waals surface area contributed by atoms with Crippen molar-refractivity contribution >= 4 is 96.2 Å². The molecule has 0 radical (unpaired) electrons. The van der Waals surface area contributed by atoms with Crippen molar-refractivity contribution < 1.29 is 4.42 Å². The van der Waals surface area contributed by atoms with E-state index in [2.05, 4.69) is 285 Å². The molecule has 4 aliphatic rings. The zero-order valence-electron chi connectivity index (χ0n) is 51.8. The van der Waals surface area contributed by atoms with Gasteiger partial charge in [-0.25, -0.2) is 0 Å². The van der Waals surface area contributed by atoms with Gasteiger partial charge in [-0.2, -0.15) is 0 Å². The minimum Gasteiger partial charge on any atom is -0.456 e. The molecule has 0 atom stereocenters. The van der Waals surface area contributed by atoms with Crippen LogP contribution in [0.15, 0.2) is 150 Å². The number of aryl methyl sites for hydroxylation is 1. The van der Waals surface area contributed by atoms with Crippen LogP contribution in [0, 0.1) is 6.92 Å². The van der Waals surface area contributed by atoms with Crippen molar-refractivity contribution in [3.8, 4) is 0 Å². The molecular formula is C76H84BN3O. The number of furan rings is 1. The molecule has 8 aromatic carbocycles. The number of hydrogen-bond acceptors (Lipinski definition) is 4. The summed E-state index contributed by atoms with van der Waals surface area (Å²) in [4.78, 5) is 7.85. The molecule has 2 aliphatic heterocycles. The van der Waals surface area contributed by atoms with Gasteiger partial charge in [-0.05, 0) is 210 Å². The highest BCUT2D eigenvalue weighted by Crippen LogP contribution is 2.56. The van der Waals surface area contributed by atoms with Crippen LogP contribution >= 0.6 is 0 Å². The van der Waals surface area contributed by atoms with Crippen LogP contribution < -0.4 is 31.1 Å². The average Bonchev–Trinajstić information content (AvgIpc) is 3.91. The molecule has 0 fully saturated rings. The molecule has 0 spiro atoms. The number of hydrogen-bond donors (Lipinski definition) is 0. The molecule has 412 valence electrons. The Kier molecular flexibility index (Phi) is 11.5. The van der Waals surface area contributed by atoms with Crippen molar-refractivity contribution in [2.24, 2.45) is 0 Å². The molecule has 0 saturated heterocycles. The second kappa shape index (κ2) is 17.5. The van der Waals surface area contributed by atoms with E-state index >= 15 is 0 Å². The van der Waals surface area contributed by atoms with Crippen LogP contribution in [0.2, 0.25) is 0 Å². The summed E-state index contributed by atoms with van der Waals surface area (Å²) in [5.74, 6) is 0. The summed E-state index contributed by atoms with van der Waals surface area (Å²) in [6.07, 6.45) is 3.44. The highest BCUT2D eigenvalue weighted by Gasteiger charge is 2.49. The van der Waals surface area contributed by atoms with Gasteiger partial charge in [0.2, 0.25) is 0 Å². The van der Waals surface area contributed by atoms with Crippen molar-refractivity contribution in [3.63, 3.8) is 0 Å². The van der Waals surface area contributed by atoms with E-state index in [0.29, 0.717) is 0 Å². The van der Waals surface area contributed by atoms with Gasteiger partial charge in [0.25, 0.3) is 6.71 Å². The fourth-order valence-corrected chi connectivity index (χ4v) is 15.0. The maximum atomic E-state index is 6.58. The predicted molar refractivity (Wildman–Crippen MR) is 349 cm³/mol. The summed E-state index contributed by atoms with van der Waals surface area (Å²) in [5.41, 5.74) is 27.8. The first-order valence-corrected chi connectivity index (χ1v) is 30.1. The lowest BCUT2D eigenvalue weighted by Gasteiger charge is -2.47. The minimum atomic E-state index is -0.179. The highest BCUT2D eigenvalue weighted by atomic mass is 16.3. The lowest BCUT2D eigenvalue weighted by molar-refractivity contribution is 0.332. The van der Waals surface area contributed by atoms with Crippen LogP contribution in [0.3, 0.4) is 0 Å². The Morgan fingerprint density at radius 3 is 1.51 bits per heavy atom. The van der Waals surface area contributed by atoms with E-state index in [4.69, 9.17) is 4.42 Å². The summed E-state index contributed by atoms with van der Waals surface area (Å²) in [5, 5.41) is 2.24. The second-order valence-corrected chi connectivity index (χ2v) is 30.6. The molecule has 5 heteroatoms. The van der Waals surface area contributed by atoms with Gasteiger partial charge in [-0.3, -0.25) is 0 Å². The molecule has 0 unspecified atom stereocenters. The summed E-state index contributed by atoms with van der Waals surface area (Å²) < 4.78 is 6.58. The van der Waals surface area contributed by atoms with E-state index in [-0.39, 0.29) is 44.6 Å². The molecule has 0 bridgehead atoms. The Morgan fingerprint density at radius 2 is 0.914 bits per heavy atom. The molecule has 0 N–H and O–H groups in total. The summed E-state index contributed by atoms with van der Waals surface area (Å²) in [7, 11) is 0. The zero-order chi connectivity index (χ0) is 57.5. The Bertz CT molecular complexity index is 3990. The Balaban J connectivity index is 1.14. The SMILES string of the molecule is Cc1cc2c(cc1N1c3cc4c(cc3B3c5ccc(N(c6ccc(C(C)(C)C)cc6)c6ccc(C(C)(C)C)cc6)cc5N(c5ccc6oc7ccccc7c6c5)c5cc(C(C)(C)C)cc1c53)C(C)(C)CC4(C)C)C(C)(C)CCC2(C)C. The third-order valence-electron chi connectivity index (χ3n) is 19.7. The number of nitrogens with zero attached hydrogens (tertiary/aromatic N) is 3. The van der Waals surface area contributed by atoms with Crippen LogP contribution in [-0.2, 0) is 37.9 Å². The van der Waals surface area contributed by atoms with Gasteiger partial charge in [-0.15, -0.1) is 0 Å². The first-order valence-electron chi connectivity index (χ1n) is 30.1. The molecule has 81 heavy (non-hydrogen) atoms. The van der Waals surface area contributed by atoms with Crippen molar-refractivity contribution in [2.45, 2.75) is 182 Å². The van der Waals surface area contributed by atoms with Gasteiger partial charge in [0.1, 0.15) is 11.2 Å². The minimum absolute atomic E-state index is 0.000834. The third-order valence-corrected chi connectivity index (χ3v) is 19.7. The lowest BCUT2D eigenvalue weighted by atomic mass is 9.33. The van der Waals surface area contributed by atoms with Crippen molar-refractivity contribution in [3.05, 3.63) is 190 Å². The topological polar surface area (TPSA) is 22.9 Å². The molecule has 9 aromatic rings. The number of benzene rings is 8. The molecule has 13 rings (SSSR count). The van der Waals surface area contributed by atoms with Crippen LogP contribution in [0.1, 0.15) is 181 Å². The summed E-state index contributed by atoms with van der Waals surface area (Å²) in [6.45, 7) is 43.1. The highest BCUT2D eigenvalue weighted by molar-refractivity contribution is 7.00. The van der Waals surface area contributed by atoms with Crippen LogP contribution in [0.4, 0.5) is 51.2 Å². The molecule has 1 aromatic heterocycles. The summed E-state index contributed by atoms with van der Waals surface area (Å²) >= 11 is 0. The van der Waals surface area contributed by atoms with Gasteiger partial charge in [0.15, 0.2) is 0 Å². The standard InChI is InChI=1S/C76H84BN3O/c1-46-37-56-58(74(13,14)36-35-73(56,11)12)43-62(46)80-64-44-59-57(75(15,16)45-76(59,17)18)42-61(64)77-60-33-31-53(78(50-27-23-47(24-28-50)70(2,3)4)51-29-25-48(26-30-51)71(5,6)7)41-63(60)79(65-38-49(72(8,9)10)39-66(80)69(65)77)52-32-34-68-55(40-52)54-21-19-20-22-67(54)81-68/h19-34,37-44H,35-36,45H2,1-18H3. The van der Waals surface area contributed by atoms with Crippen LogP contribution in [0.25, 0.3) is 21.9 Å². The van der Waals surface area contributed by atoms with Gasteiger partial charge in [0.05, 0.1) is 0 Å². The fraction of sp³-hybridized carbons (Fsp3) is 0.368. The second-order valence-electron chi connectivity index (χ2n) is 30.6. The Morgan fingerprint density at radius 1 is 0.420 bits per heavy atom. The Hall–Kier alpha value is -6.98. The van der Waals surface area contributed by atoms with Gasteiger partial charge < -0.3 is 19.1 Å². The van der Waals surface area contributed by atoms with Crippen LogP contribution in [-0.4, -0.2) is 6.71 Å². The monoisotopic (exact) mass is 1070 g/mol. The van der Waals surface area contributed by atoms with E-state index in [0.717, 1.165) is 57.5 Å². The fourth-order valence-electron chi connectivity index (χ4n) is 15.0. The maximum Gasteiger partial charge on any atom is 0.252 e. The zero-order valence-corrected chi connectivity index (χ0v) is 51.8. The maximum absolute atomic E-state index is 6.58. The molecule has 0 saturated carbocycles. The molecule has 2 aliphatic carbocycles. The van der Waals surface area contributed by atoms with E-state index in [1.165, 1.54) is 95.8 Å². The first-order chi connectivity index (χ1) is 37.9. The van der Waals surface area contributed by atoms with Crippen molar-refractivity contribution in [1.29, 1.82) is 0 Å². The molecular weight excluding hydrogens is 982 g/mol. The normalized spacial score (nSPS) is 17.4. The van der Waals surface area contributed by atoms with Crippen LogP contribution in [0.5, 0.6) is 0 Å². The first kappa shape index (κ1) is 53.3. The largest absolute Gasteiger partial charge is 0.456 e. The molecule has 4 nitrogen and oxygen atoms in total. The number of rotatable bonds is 5. The van der Waals surface area contributed by atoms with E-state index in [9.17, 15) is 0 Å². The van der Waals surface area contributed by atoms with Gasteiger partial charge in [0, 0.05) is 62.0 Å². The van der Waals surface area contributed by atoms with Crippen molar-refractivity contribution in [2.75, 3.05) is 14.7 Å². The van der Waals surface area contributed by atoms with Gasteiger partial charge in [-0.1, -0.05) is 178 Å².